The van der Waals surface area contributed by atoms with Crippen LogP contribution in [0.2, 0.25) is 0 Å². The third-order valence-electron chi connectivity index (χ3n) is 9.09. The Bertz CT molecular complexity index is 1220. The van der Waals surface area contributed by atoms with Crippen LogP contribution >= 0.6 is 0 Å². The fraction of sp³-hybridized carbons (Fsp3) is 0.514. The first-order valence-electron chi connectivity index (χ1n) is 16.4. The van der Waals surface area contributed by atoms with Gasteiger partial charge in [-0.2, -0.15) is 0 Å². The summed E-state index contributed by atoms with van der Waals surface area (Å²) < 4.78 is 5.99. The van der Waals surface area contributed by atoms with E-state index >= 15 is 0 Å². The molecule has 3 aromatic rings. The molecule has 3 aromatic carbocycles. The van der Waals surface area contributed by atoms with Crippen LogP contribution < -0.4 is 15.0 Å². The number of para-hydroxylation sites is 1. The minimum absolute atomic E-state index is 0.275. The Labute approximate surface area is 259 Å². The number of likely N-dealkylation sites (tertiary alicyclic amines) is 1. The maximum Gasteiger partial charge on any atom is 0.119 e. The largest absolute Gasteiger partial charge is 0.491 e. The minimum Gasteiger partial charge on any atom is -0.491 e. The number of rotatable bonds is 13. The molecule has 5 rings (SSSR count). The third kappa shape index (κ3) is 9.29. The van der Waals surface area contributed by atoms with Crippen LogP contribution in [-0.4, -0.2) is 73.4 Å². The van der Waals surface area contributed by atoms with Gasteiger partial charge in [-0.25, -0.2) is 0 Å². The molecule has 0 aliphatic carbocycles. The summed E-state index contributed by atoms with van der Waals surface area (Å²) in [5, 5.41) is 14.5. The number of piperazine rings is 1. The Hall–Kier alpha value is -2.90. The lowest BCUT2D eigenvalue weighted by Crippen LogP contribution is -2.49. The number of aliphatic hydroxyl groups is 1. The summed E-state index contributed by atoms with van der Waals surface area (Å²) in [4.78, 5) is 7.38. The number of anilines is 1. The van der Waals surface area contributed by atoms with Gasteiger partial charge in [-0.1, -0.05) is 75.4 Å². The van der Waals surface area contributed by atoms with Crippen molar-refractivity contribution in [2.45, 2.75) is 58.8 Å². The van der Waals surface area contributed by atoms with E-state index in [1.54, 1.807) is 0 Å². The van der Waals surface area contributed by atoms with Crippen molar-refractivity contribution in [2.75, 3.05) is 57.3 Å². The summed E-state index contributed by atoms with van der Waals surface area (Å²) in [7, 11) is 0. The SMILES string of the molecule is CCC(NCc1ccccc1CN1CC(C)CC(C)C1)c1ccc(OCC(O)CN2CCN(c3ccccc3)CC2)cc1. The van der Waals surface area contributed by atoms with Gasteiger partial charge in [-0.15, -0.1) is 0 Å². The average molecular weight is 585 g/mol. The zero-order valence-corrected chi connectivity index (χ0v) is 26.5. The molecule has 6 nitrogen and oxygen atoms in total. The highest BCUT2D eigenvalue weighted by Gasteiger charge is 2.23. The van der Waals surface area contributed by atoms with Crippen LogP contribution in [0, 0.1) is 11.8 Å². The first-order chi connectivity index (χ1) is 21.0. The maximum atomic E-state index is 10.7. The number of piperidine rings is 1. The van der Waals surface area contributed by atoms with E-state index in [0.717, 1.165) is 63.3 Å². The second kappa shape index (κ2) is 15.7. The molecule has 2 N–H and O–H groups in total. The van der Waals surface area contributed by atoms with Crippen LogP contribution in [0.1, 0.15) is 56.3 Å². The normalized spacial score (nSPS) is 21.4. The Kier molecular flexibility index (Phi) is 11.5. The van der Waals surface area contributed by atoms with Crippen LogP contribution in [-0.2, 0) is 13.1 Å². The van der Waals surface area contributed by atoms with Crippen molar-refractivity contribution in [2.24, 2.45) is 11.8 Å². The minimum atomic E-state index is -0.510. The molecular formula is C37H52N4O2. The Balaban J connectivity index is 1.06. The van der Waals surface area contributed by atoms with Gasteiger partial charge < -0.3 is 20.1 Å². The molecule has 0 amide bonds. The van der Waals surface area contributed by atoms with Gasteiger partial charge in [0.15, 0.2) is 0 Å². The topological polar surface area (TPSA) is 51.2 Å². The number of ether oxygens (including phenoxy) is 1. The molecule has 232 valence electrons. The fourth-order valence-electron chi connectivity index (χ4n) is 6.94. The smallest absolute Gasteiger partial charge is 0.119 e. The summed E-state index contributed by atoms with van der Waals surface area (Å²) in [5.41, 5.74) is 5.37. The highest BCUT2D eigenvalue weighted by Crippen LogP contribution is 2.25. The summed E-state index contributed by atoms with van der Waals surface area (Å²) in [6, 6.07) is 28.2. The van der Waals surface area contributed by atoms with Crippen molar-refractivity contribution in [1.82, 2.24) is 15.1 Å². The lowest BCUT2D eigenvalue weighted by atomic mass is 9.91. The van der Waals surface area contributed by atoms with E-state index in [1.165, 1.54) is 41.9 Å². The summed E-state index contributed by atoms with van der Waals surface area (Å²) in [6.07, 6.45) is 1.85. The maximum absolute atomic E-state index is 10.7. The lowest BCUT2D eigenvalue weighted by Gasteiger charge is -2.36. The molecule has 2 saturated heterocycles. The average Bonchev–Trinajstić information content (AvgIpc) is 3.02. The van der Waals surface area contributed by atoms with E-state index in [2.05, 4.69) is 108 Å². The van der Waals surface area contributed by atoms with Crippen LogP contribution in [0.4, 0.5) is 5.69 Å². The van der Waals surface area contributed by atoms with Crippen molar-refractivity contribution in [3.8, 4) is 5.75 Å². The van der Waals surface area contributed by atoms with E-state index in [0.29, 0.717) is 13.2 Å². The summed E-state index contributed by atoms with van der Waals surface area (Å²) in [5.74, 6) is 2.35. The van der Waals surface area contributed by atoms with Gasteiger partial charge in [0, 0.05) is 70.6 Å². The molecule has 0 spiro atoms. The lowest BCUT2D eigenvalue weighted by molar-refractivity contribution is 0.0663. The highest BCUT2D eigenvalue weighted by atomic mass is 16.5. The fourth-order valence-corrected chi connectivity index (χ4v) is 6.94. The molecule has 0 saturated carbocycles. The molecule has 0 bridgehead atoms. The number of nitrogens with one attached hydrogen (secondary N) is 1. The Morgan fingerprint density at radius 1 is 0.814 bits per heavy atom. The van der Waals surface area contributed by atoms with Gasteiger partial charge in [-0.3, -0.25) is 9.80 Å². The molecule has 0 aromatic heterocycles. The summed E-state index contributed by atoms with van der Waals surface area (Å²) >= 11 is 0. The predicted octanol–water partition coefficient (Wildman–Crippen LogP) is 5.97. The van der Waals surface area contributed by atoms with Gasteiger partial charge in [-0.05, 0) is 65.6 Å². The molecule has 2 heterocycles. The first kappa shape index (κ1) is 31.5. The zero-order valence-electron chi connectivity index (χ0n) is 26.5. The molecule has 4 atom stereocenters. The molecule has 2 aliphatic heterocycles. The van der Waals surface area contributed by atoms with E-state index in [-0.39, 0.29) is 6.04 Å². The van der Waals surface area contributed by atoms with Gasteiger partial charge in [0.05, 0.1) is 0 Å². The molecule has 6 heteroatoms. The van der Waals surface area contributed by atoms with Crippen LogP contribution in [0.3, 0.4) is 0 Å². The molecule has 2 fully saturated rings. The second-order valence-electron chi connectivity index (χ2n) is 12.9. The van der Waals surface area contributed by atoms with Crippen molar-refractivity contribution < 1.29 is 9.84 Å². The van der Waals surface area contributed by atoms with Gasteiger partial charge in [0.2, 0.25) is 0 Å². The third-order valence-corrected chi connectivity index (χ3v) is 9.09. The van der Waals surface area contributed by atoms with Crippen LogP contribution in [0.15, 0.2) is 78.9 Å². The van der Waals surface area contributed by atoms with Crippen molar-refractivity contribution >= 4 is 5.69 Å². The monoisotopic (exact) mass is 584 g/mol. The quantitative estimate of drug-likeness (QED) is 0.258. The van der Waals surface area contributed by atoms with Crippen LogP contribution in [0.25, 0.3) is 0 Å². The number of aliphatic hydroxyl groups excluding tert-OH is 1. The van der Waals surface area contributed by atoms with Crippen molar-refractivity contribution in [3.05, 3.63) is 95.6 Å². The number of benzene rings is 3. The van der Waals surface area contributed by atoms with Gasteiger partial charge in [0.1, 0.15) is 18.5 Å². The van der Waals surface area contributed by atoms with Gasteiger partial charge in [0.25, 0.3) is 0 Å². The van der Waals surface area contributed by atoms with Crippen molar-refractivity contribution in [1.29, 1.82) is 0 Å². The molecule has 2 aliphatic rings. The Morgan fingerprint density at radius 3 is 2.14 bits per heavy atom. The van der Waals surface area contributed by atoms with E-state index in [9.17, 15) is 5.11 Å². The highest BCUT2D eigenvalue weighted by molar-refractivity contribution is 5.46. The van der Waals surface area contributed by atoms with Crippen LogP contribution in [0.5, 0.6) is 5.75 Å². The number of nitrogens with zero attached hydrogens (tertiary/aromatic N) is 3. The zero-order chi connectivity index (χ0) is 30.0. The van der Waals surface area contributed by atoms with Gasteiger partial charge >= 0.3 is 0 Å². The second-order valence-corrected chi connectivity index (χ2v) is 12.9. The number of hydrogen-bond donors (Lipinski definition) is 2. The standard InChI is InChI=1S/C37H52N4O2/c1-4-37(38-23-32-10-8-9-11-33(32)26-40-24-29(2)22-30(3)25-40)31-14-16-36(17-15-31)43-28-35(42)27-39-18-20-41(21-19-39)34-12-6-5-7-13-34/h5-17,29-30,35,37-38,42H,4,18-28H2,1-3H3. The number of hydrogen-bond acceptors (Lipinski definition) is 6. The molecule has 0 radical (unpaired) electrons. The molecule has 4 unspecified atom stereocenters. The van der Waals surface area contributed by atoms with Crippen molar-refractivity contribution in [3.63, 3.8) is 0 Å². The van der Waals surface area contributed by atoms with E-state index in [4.69, 9.17) is 4.74 Å². The predicted molar refractivity (Wildman–Crippen MR) is 178 cm³/mol. The van der Waals surface area contributed by atoms with E-state index < -0.39 is 6.10 Å². The number of β-amino-alcohol motifs (C(OH)–C–C–N with tert-alkyl or cyclic N) is 1. The Morgan fingerprint density at radius 2 is 1.47 bits per heavy atom. The summed E-state index contributed by atoms with van der Waals surface area (Å²) in [6.45, 7) is 16.1. The molecular weight excluding hydrogens is 532 g/mol. The first-order valence-corrected chi connectivity index (χ1v) is 16.4. The molecule has 43 heavy (non-hydrogen) atoms. The van der Waals surface area contributed by atoms with E-state index in [1.807, 2.05) is 12.1 Å².